The van der Waals surface area contributed by atoms with Crippen LogP contribution in [0, 0.1) is 6.92 Å². The maximum Gasteiger partial charge on any atom is 0.295 e. The van der Waals surface area contributed by atoms with E-state index in [9.17, 15) is 14.7 Å². The zero-order chi connectivity index (χ0) is 26.2. The fourth-order valence-electron chi connectivity index (χ4n) is 4.55. The van der Waals surface area contributed by atoms with Gasteiger partial charge in [0.15, 0.2) is 0 Å². The second-order valence-corrected chi connectivity index (χ2v) is 10.6. The molecule has 1 saturated heterocycles. The molecule has 1 aliphatic rings. The van der Waals surface area contributed by atoms with Crippen molar-refractivity contribution in [3.8, 4) is 5.69 Å². The maximum absolute atomic E-state index is 13.3. The van der Waals surface area contributed by atoms with Gasteiger partial charge in [0, 0.05) is 13.1 Å². The smallest absolute Gasteiger partial charge is 0.295 e. The highest BCUT2D eigenvalue weighted by Gasteiger charge is 2.46. The zero-order valence-electron chi connectivity index (χ0n) is 21.8. The number of aliphatic hydroxyl groups excluding tert-OH is 1. The van der Waals surface area contributed by atoms with Crippen LogP contribution in [0.15, 0.2) is 66.4 Å². The number of carbonyl (C=O) groups excluding carboxylic acids is 2. The van der Waals surface area contributed by atoms with Crippen molar-refractivity contribution in [1.29, 1.82) is 0 Å². The van der Waals surface area contributed by atoms with Crippen LogP contribution < -0.4 is 0 Å². The molecule has 2 aromatic carbocycles. The Balaban J connectivity index is 1.84. The average molecular weight is 487 g/mol. The summed E-state index contributed by atoms with van der Waals surface area (Å²) in [5.41, 5.74) is 3.95. The highest BCUT2D eigenvalue weighted by Crippen LogP contribution is 2.40. The summed E-state index contributed by atoms with van der Waals surface area (Å²) in [5, 5.41) is 15.9. The molecular weight excluding hydrogens is 452 g/mol. The summed E-state index contributed by atoms with van der Waals surface area (Å²) < 4.78 is 1.71. The molecule has 188 valence electrons. The molecule has 1 fully saturated rings. The highest BCUT2D eigenvalue weighted by molar-refractivity contribution is 6.46. The molecule has 0 bridgehead atoms. The summed E-state index contributed by atoms with van der Waals surface area (Å²) >= 11 is 0. The zero-order valence-corrected chi connectivity index (χ0v) is 21.8. The van der Waals surface area contributed by atoms with Gasteiger partial charge in [-0.1, -0.05) is 63.2 Å². The number of aromatic nitrogens is 2. The molecule has 36 heavy (non-hydrogen) atoms. The summed E-state index contributed by atoms with van der Waals surface area (Å²) in [7, 11) is 3.84. The molecule has 7 nitrogen and oxygen atoms in total. The van der Waals surface area contributed by atoms with E-state index >= 15 is 0 Å². The Hall–Kier alpha value is -3.71. The molecule has 7 heteroatoms. The number of hydrogen-bond donors (Lipinski definition) is 1. The Bertz CT molecular complexity index is 1300. The van der Waals surface area contributed by atoms with Crippen LogP contribution in [0.4, 0.5) is 0 Å². The molecule has 4 rings (SSSR count). The molecule has 1 N–H and O–H groups in total. The summed E-state index contributed by atoms with van der Waals surface area (Å²) in [5.74, 6) is -1.48. The number of aliphatic hydroxyl groups is 1. The van der Waals surface area contributed by atoms with E-state index in [1.807, 2.05) is 80.5 Å². The first-order valence-corrected chi connectivity index (χ1v) is 12.1. The summed E-state index contributed by atoms with van der Waals surface area (Å²) in [6, 6.07) is 16.9. The number of rotatable bonds is 6. The van der Waals surface area contributed by atoms with E-state index in [-0.39, 0.29) is 16.7 Å². The molecule has 3 aromatic rings. The number of hydrogen-bond acceptors (Lipinski definition) is 5. The Morgan fingerprint density at radius 1 is 1.03 bits per heavy atom. The van der Waals surface area contributed by atoms with Crippen molar-refractivity contribution in [1.82, 2.24) is 19.6 Å². The van der Waals surface area contributed by atoms with Gasteiger partial charge in [-0.3, -0.25) is 9.59 Å². The Morgan fingerprint density at radius 2 is 1.67 bits per heavy atom. The summed E-state index contributed by atoms with van der Waals surface area (Å²) in [4.78, 5) is 30.0. The van der Waals surface area contributed by atoms with Crippen LogP contribution in [0.3, 0.4) is 0 Å². The SMILES string of the molecule is Cc1c(/C(O)=C2\C(=O)C(=O)N(CCN(C)C)[C@@H]2c2ccc(C(C)(C)C)cc2)cnn1-c1ccccc1. The predicted molar refractivity (Wildman–Crippen MR) is 141 cm³/mol. The quantitative estimate of drug-likeness (QED) is 0.316. The minimum atomic E-state index is -0.682. The van der Waals surface area contributed by atoms with E-state index in [1.165, 1.54) is 0 Å². The van der Waals surface area contributed by atoms with Crippen molar-refractivity contribution >= 4 is 17.4 Å². The number of carbonyl (C=O) groups is 2. The Kier molecular flexibility index (Phi) is 6.87. The second-order valence-electron chi connectivity index (χ2n) is 10.6. The van der Waals surface area contributed by atoms with Gasteiger partial charge in [0.1, 0.15) is 5.76 Å². The molecule has 0 saturated carbocycles. The predicted octanol–water partition coefficient (Wildman–Crippen LogP) is 4.46. The number of nitrogens with zero attached hydrogens (tertiary/aromatic N) is 4. The molecule has 1 aromatic heterocycles. The molecule has 1 aliphatic heterocycles. The van der Waals surface area contributed by atoms with Crippen LogP contribution in [-0.2, 0) is 15.0 Å². The molecule has 1 amide bonds. The molecular formula is C29H34N4O3. The third-order valence-corrected chi connectivity index (χ3v) is 6.69. The molecule has 0 aliphatic carbocycles. The lowest BCUT2D eigenvalue weighted by Crippen LogP contribution is -2.35. The molecule has 0 spiro atoms. The number of amides is 1. The van der Waals surface area contributed by atoms with E-state index in [4.69, 9.17) is 0 Å². The molecule has 1 atom stereocenters. The largest absolute Gasteiger partial charge is 0.507 e. The number of likely N-dealkylation sites (N-methyl/N-ethyl adjacent to an activating group) is 1. The topological polar surface area (TPSA) is 78.7 Å². The summed E-state index contributed by atoms with van der Waals surface area (Å²) in [6.45, 7) is 9.20. The first-order chi connectivity index (χ1) is 17.0. The van der Waals surface area contributed by atoms with Gasteiger partial charge in [-0.25, -0.2) is 4.68 Å². The van der Waals surface area contributed by atoms with E-state index < -0.39 is 17.7 Å². The van der Waals surface area contributed by atoms with Crippen LogP contribution >= 0.6 is 0 Å². The Morgan fingerprint density at radius 3 is 2.25 bits per heavy atom. The normalized spacial score (nSPS) is 17.9. The standard InChI is InChI=1S/C29H34N4O3/c1-19-23(18-30-33(19)22-10-8-7-9-11-22)26(34)24-25(20-12-14-21(15-13-20)29(2,3)4)32(17-16-31(5)6)28(36)27(24)35/h7-15,18,25,34H,16-17H2,1-6H3/b26-24+/t25-/m1/s1. The number of ketones is 1. The van der Waals surface area contributed by atoms with Crippen LogP contribution in [0.5, 0.6) is 0 Å². The van der Waals surface area contributed by atoms with Crippen LogP contribution in [0.2, 0.25) is 0 Å². The minimum Gasteiger partial charge on any atom is -0.507 e. The average Bonchev–Trinajstić information content (AvgIpc) is 3.34. The minimum absolute atomic E-state index is 0.0333. The van der Waals surface area contributed by atoms with Gasteiger partial charge in [-0.15, -0.1) is 0 Å². The fourth-order valence-corrected chi connectivity index (χ4v) is 4.55. The molecule has 2 heterocycles. The van der Waals surface area contributed by atoms with E-state index in [0.717, 1.165) is 16.8 Å². The van der Waals surface area contributed by atoms with Crippen LogP contribution in [0.1, 0.15) is 49.2 Å². The summed E-state index contributed by atoms with van der Waals surface area (Å²) in [6.07, 6.45) is 1.55. The maximum atomic E-state index is 13.3. The van der Waals surface area contributed by atoms with Crippen LogP contribution in [-0.4, -0.2) is 63.6 Å². The van der Waals surface area contributed by atoms with Crippen molar-refractivity contribution in [2.24, 2.45) is 0 Å². The second kappa shape index (κ2) is 9.74. The Labute approximate surface area is 212 Å². The lowest BCUT2D eigenvalue weighted by Gasteiger charge is -2.27. The fraction of sp³-hybridized carbons (Fsp3) is 0.345. The highest BCUT2D eigenvalue weighted by atomic mass is 16.3. The van der Waals surface area contributed by atoms with E-state index in [1.54, 1.807) is 15.8 Å². The first kappa shape index (κ1) is 25.4. The third-order valence-electron chi connectivity index (χ3n) is 6.69. The number of likely N-dealkylation sites (tertiary alicyclic amines) is 1. The first-order valence-electron chi connectivity index (χ1n) is 12.1. The lowest BCUT2D eigenvalue weighted by molar-refractivity contribution is -0.140. The van der Waals surface area contributed by atoms with Gasteiger partial charge in [0.2, 0.25) is 0 Å². The van der Waals surface area contributed by atoms with Crippen molar-refractivity contribution in [3.63, 3.8) is 0 Å². The number of Topliss-reactive ketones (excluding diaryl/α,β-unsaturated/α-hetero) is 1. The van der Waals surface area contributed by atoms with Crippen molar-refractivity contribution in [2.45, 2.75) is 39.2 Å². The monoisotopic (exact) mass is 486 g/mol. The van der Waals surface area contributed by atoms with Crippen LogP contribution in [0.25, 0.3) is 11.4 Å². The van der Waals surface area contributed by atoms with Crippen molar-refractivity contribution in [3.05, 3.63) is 88.8 Å². The van der Waals surface area contributed by atoms with Gasteiger partial charge < -0.3 is 14.9 Å². The van der Waals surface area contributed by atoms with E-state index in [2.05, 4.69) is 25.9 Å². The van der Waals surface area contributed by atoms with E-state index in [0.29, 0.717) is 24.3 Å². The van der Waals surface area contributed by atoms with Crippen molar-refractivity contribution in [2.75, 3.05) is 27.2 Å². The third kappa shape index (κ3) is 4.71. The van der Waals surface area contributed by atoms with Gasteiger partial charge in [0.25, 0.3) is 11.7 Å². The number of para-hydroxylation sites is 1. The molecule has 0 unspecified atom stereocenters. The van der Waals surface area contributed by atoms with Gasteiger partial charge >= 0.3 is 0 Å². The van der Waals surface area contributed by atoms with Gasteiger partial charge in [-0.05, 0) is 49.7 Å². The molecule has 0 radical (unpaired) electrons. The van der Waals surface area contributed by atoms with Crippen molar-refractivity contribution < 1.29 is 14.7 Å². The lowest BCUT2D eigenvalue weighted by atomic mass is 9.85. The number of benzene rings is 2. The van der Waals surface area contributed by atoms with Gasteiger partial charge in [0.05, 0.1) is 34.8 Å². The van der Waals surface area contributed by atoms with Gasteiger partial charge in [-0.2, -0.15) is 5.10 Å².